The van der Waals surface area contributed by atoms with Crippen LogP contribution in [-0.4, -0.2) is 25.8 Å². The van der Waals surface area contributed by atoms with Gasteiger partial charge >= 0.3 is 6.03 Å². The molecule has 8 nitrogen and oxygen atoms in total. The van der Waals surface area contributed by atoms with Crippen molar-refractivity contribution in [3.8, 4) is 17.2 Å². The van der Waals surface area contributed by atoms with E-state index in [2.05, 4.69) is 22.5 Å². The number of benzene rings is 2. The normalized spacial score (nSPS) is 20.2. The van der Waals surface area contributed by atoms with E-state index >= 15 is 0 Å². The molecule has 3 N–H and O–H groups in total. The largest absolute Gasteiger partial charge is 0.495 e. The molecule has 2 heterocycles. The average molecular weight is 381 g/mol. The highest BCUT2D eigenvalue weighted by Crippen LogP contribution is 2.38. The van der Waals surface area contributed by atoms with E-state index in [1.165, 1.54) is 7.11 Å². The van der Waals surface area contributed by atoms with Gasteiger partial charge in [0.1, 0.15) is 11.7 Å². The van der Waals surface area contributed by atoms with Gasteiger partial charge in [0.15, 0.2) is 11.5 Å². The Hall–Kier alpha value is -3.68. The first-order valence-corrected chi connectivity index (χ1v) is 8.66. The summed E-state index contributed by atoms with van der Waals surface area (Å²) in [6, 6.07) is 11.4. The van der Waals surface area contributed by atoms with E-state index in [-0.39, 0.29) is 12.7 Å². The van der Waals surface area contributed by atoms with Crippen molar-refractivity contribution < 1.29 is 23.8 Å². The molecule has 4 rings (SSSR count). The lowest BCUT2D eigenvalue weighted by molar-refractivity contribution is -0.119. The number of methoxy groups -OCH3 is 1. The van der Waals surface area contributed by atoms with Gasteiger partial charge in [-0.2, -0.15) is 0 Å². The van der Waals surface area contributed by atoms with Crippen LogP contribution in [0.4, 0.5) is 10.5 Å². The SMILES string of the molecule is C=C1NC(=O)N[C@@H](c2ccc3c(c2)OCO3)[C@@H]1C(=O)Nc1ccccc1OC. The summed E-state index contributed by atoms with van der Waals surface area (Å²) in [4.78, 5) is 25.1. The van der Waals surface area contributed by atoms with E-state index in [0.29, 0.717) is 34.2 Å². The summed E-state index contributed by atoms with van der Waals surface area (Å²) in [5.74, 6) is 0.652. The highest BCUT2D eigenvalue weighted by molar-refractivity contribution is 5.98. The maximum absolute atomic E-state index is 13.1. The van der Waals surface area contributed by atoms with Crippen LogP contribution in [0, 0.1) is 5.92 Å². The van der Waals surface area contributed by atoms with Gasteiger partial charge in [-0.3, -0.25) is 4.79 Å². The van der Waals surface area contributed by atoms with Crippen molar-refractivity contribution in [1.82, 2.24) is 10.6 Å². The minimum absolute atomic E-state index is 0.141. The van der Waals surface area contributed by atoms with Crippen LogP contribution in [-0.2, 0) is 4.79 Å². The molecule has 2 aromatic rings. The molecule has 3 amide bonds. The van der Waals surface area contributed by atoms with Crippen LogP contribution in [0.1, 0.15) is 11.6 Å². The molecule has 2 aromatic carbocycles. The minimum atomic E-state index is -0.747. The molecule has 28 heavy (non-hydrogen) atoms. The van der Waals surface area contributed by atoms with Gasteiger partial charge in [-0.25, -0.2) is 4.79 Å². The van der Waals surface area contributed by atoms with E-state index < -0.39 is 18.0 Å². The van der Waals surface area contributed by atoms with Crippen molar-refractivity contribution in [2.75, 3.05) is 19.2 Å². The first kappa shape index (κ1) is 17.7. The van der Waals surface area contributed by atoms with Gasteiger partial charge in [-0.1, -0.05) is 24.8 Å². The van der Waals surface area contributed by atoms with Crippen molar-refractivity contribution in [3.63, 3.8) is 0 Å². The number of rotatable bonds is 4. The summed E-state index contributed by atoms with van der Waals surface area (Å²) >= 11 is 0. The number of para-hydroxylation sites is 2. The standard InChI is InChI=1S/C20H19N3O5/c1-11-17(19(24)22-13-5-3-4-6-14(13)26-2)18(23-20(25)21-11)12-7-8-15-16(9-12)28-10-27-15/h3-9,17-18H,1,10H2,2H3,(H,22,24)(H2,21,23,25)/t17-,18+/m1/s1. The summed E-state index contributed by atoms with van der Waals surface area (Å²) in [5.41, 5.74) is 1.54. The van der Waals surface area contributed by atoms with E-state index in [1.807, 2.05) is 6.07 Å². The summed E-state index contributed by atoms with van der Waals surface area (Å²) in [5, 5.41) is 8.24. The molecule has 0 bridgehead atoms. The molecule has 144 valence electrons. The molecular weight excluding hydrogens is 362 g/mol. The van der Waals surface area contributed by atoms with Crippen molar-refractivity contribution >= 4 is 17.6 Å². The maximum atomic E-state index is 13.1. The van der Waals surface area contributed by atoms with Gasteiger partial charge in [0.2, 0.25) is 12.7 Å². The lowest BCUT2D eigenvalue weighted by Gasteiger charge is -2.34. The van der Waals surface area contributed by atoms with Crippen molar-refractivity contribution in [3.05, 3.63) is 60.3 Å². The number of carbonyl (C=O) groups is 2. The van der Waals surface area contributed by atoms with Crippen LogP contribution >= 0.6 is 0 Å². The number of ether oxygens (including phenoxy) is 3. The maximum Gasteiger partial charge on any atom is 0.319 e. The van der Waals surface area contributed by atoms with Crippen LogP contribution in [0.3, 0.4) is 0 Å². The number of urea groups is 1. The molecule has 8 heteroatoms. The van der Waals surface area contributed by atoms with Crippen LogP contribution in [0.15, 0.2) is 54.7 Å². The number of fused-ring (bicyclic) bond motifs is 1. The van der Waals surface area contributed by atoms with Gasteiger partial charge in [0, 0.05) is 5.70 Å². The van der Waals surface area contributed by atoms with Crippen LogP contribution in [0.25, 0.3) is 0 Å². The lowest BCUT2D eigenvalue weighted by atomic mass is 9.88. The predicted molar refractivity (Wildman–Crippen MR) is 101 cm³/mol. The Morgan fingerprint density at radius 2 is 2.00 bits per heavy atom. The van der Waals surface area contributed by atoms with Crippen LogP contribution in [0.5, 0.6) is 17.2 Å². The average Bonchev–Trinajstić information content (AvgIpc) is 3.15. The predicted octanol–water partition coefficient (Wildman–Crippen LogP) is 2.55. The minimum Gasteiger partial charge on any atom is -0.495 e. The number of hydrogen-bond donors (Lipinski definition) is 3. The van der Waals surface area contributed by atoms with Gasteiger partial charge in [0.05, 0.1) is 18.8 Å². The Kier molecular flexibility index (Phi) is 4.52. The summed E-state index contributed by atoms with van der Waals surface area (Å²) in [6.45, 7) is 4.02. The lowest BCUT2D eigenvalue weighted by Crippen LogP contribution is -2.51. The van der Waals surface area contributed by atoms with Crippen LogP contribution in [0.2, 0.25) is 0 Å². The van der Waals surface area contributed by atoms with Gasteiger partial charge in [-0.05, 0) is 29.8 Å². The zero-order valence-corrected chi connectivity index (χ0v) is 15.2. The monoisotopic (exact) mass is 381 g/mol. The fourth-order valence-corrected chi connectivity index (χ4v) is 3.34. The Balaban J connectivity index is 1.65. The topological polar surface area (TPSA) is 97.9 Å². The van der Waals surface area contributed by atoms with Crippen molar-refractivity contribution in [1.29, 1.82) is 0 Å². The summed E-state index contributed by atoms with van der Waals surface area (Å²) < 4.78 is 16.0. The molecule has 2 atom stereocenters. The third-order valence-electron chi connectivity index (χ3n) is 4.67. The van der Waals surface area contributed by atoms with Crippen LogP contribution < -0.4 is 30.2 Å². The quantitative estimate of drug-likeness (QED) is 0.756. The molecule has 1 fully saturated rings. The Bertz CT molecular complexity index is 959. The molecule has 0 aliphatic carbocycles. The van der Waals surface area contributed by atoms with Gasteiger partial charge < -0.3 is 30.2 Å². The van der Waals surface area contributed by atoms with Crippen molar-refractivity contribution in [2.45, 2.75) is 6.04 Å². The molecule has 2 aliphatic heterocycles. The smallest absolute Gasteiger partial charge is 0.319 e. The Morgan fingerprint density at radius 3 is 2.82 bits per heavy atom. The van der Waals surface area contributed by atoms with E-state index in [0.717, 1.165) is 0 Å². The second kappa shape index (κ2) is 7.15. The zero-order chi connectivity index (χ0) is 19.7. The first-order valence-electron chi connectivity index (χ1n) is 8.66. The molecular formula is C20H19N3O5. The van der Waals surface area contributed by atoms with E-state index in [4.69, 9.17) is 14.2 Å². The first-order chi connectivity index (χ1) is 13.6. The van der Waals surface area contributed by atoms with E-state index in [9.17, 15) is 9.59 Å². The summed E-state index contributed by atoms with van der Waals surface area (Å²) in [7, 11) is 1.53. The molecule has 0 aromatic heterocycles. The fourth-order valence-electron chi connectivity index (χ4n) is 3.34. The number of amides is 3. The third-order valence-corrected chi connectivity index (χ3v) is 4.67. The van der Waals surface area contributed by atoms with Crippen molar-refractivity contribution in [2.24, 2.45) is 5.92 Å². The highest BCUT2D eigenvalue weighted by Gasteiger charge is 2.38. The molecule has 0 radical (unpaired) electrons. The van der Waals surface area contributed by atoms with Gasteiger partial charge in [-0.15, -0.1) is 0 Å². The number of hydrogen-bond acceptors (Lipinski definition) is 5. The van der Waals surface area contributed by atoms with Gasteiger partial charge in [0.25, 0.3) is 0 Å². The molecule has 1 saturated heterocycles. The molecule has 0 saturated carbocycles. The number of nitrogens with one attached hydrogen (secondary N) is 3. The Labute approximate surface area is 161 Å². The zero-order valence-electron chi connectivity index (χ0n) is 15.2. The number of carbonyl (C=O) groups excluding carboxylic acids is 2. The van der Waals surface area contributed by atoms with E-state index in [1.54, 1.807) is 36.4 Å². The second-order valence-corrected chi connectivity index (χ2v) is 6.38. The molecule has 2 aliphatic rings. The molecule has 0 unspecified atom stereocenters. The Morgan fingerprint density at radius 1 is 1.21 bits per heavy atom. The summed E-state index contributed by atoms with van der Waals surface area (Å²) in [6.07, 6.45) is 0. The highest BCUT2D eigenvalue weighted by atomic mass is 16.7. The second-order valence-electron chi connectivity index (χ2n) is 6.38. The third kappa shape index (κ3) is 3.20. The number of anilines is 1. The molecule has 0 spiro atoms. The fraction of sp³-hybridized carbons (Fsp3) is 0.200.